The normalized spacial score (nSPS) is 10.7. The molecule has 0 amide bonds. The molecule has 3 aromatic rings. The molecule has 5 nitrogen and oxygen atoms in total. The van der Waals surface area contributed by atoms with E-state index in [0.29, 0.717) is 5.82 Å². The van der Waals surface area contributed by atoms with Crippen molar-refractivity contribution in [1.29, 1.82) is 0 Å². The maximum absolute atomic E-state index is 5.67. The summed E-state index contributed by atoms with van der Waals surface area (Å²) in [5.41, 5.74) is 6.62. The SMILES string of the molecule is Nc1cccc(CSc2nnc(NCCc3cccs3)s2)n1. The number of nitrogens with two attached hydrogens (primary N) is 1. The highest BCUT2D eigenvalue weighted by Gasteiger charge is 2.06. The number of thioether (sulfide) groups is 1. The van der Waals surface area contributed by atoms with Crippen LogP contribution in [0.15, 0.2) is 40.1 Å². The maximum Gasteiger partial charge on any atom is 0.206 e. The third kappa shape index (κ3) is 4.43. The van der Waals surface area contributed by atoms with Gasteiger partial charge in [0, 0.05) is 17.2 Å². The Bertz CT molecular complexity index is 711. The average Bonchev–Trinajstić information content (AvgIpc) is 3.17. The van der Waals surface area contributed by atoms with Crippen LogP contribution >= 0.6 is 34.4 Å². The van der Waals surface area contributed by atoms with E-state index in [1.54, 1.807) is 40.5 Å². The average molecular weight is 350 g/mol. The molecule has 0 saturated heterocycles. The highest BCUT2D eigenvalue weighted by molar-refractivity contribution is 8.00. The van der Waals surface area contributed by atoms with Crippen molar-refractivity contribution in [3.8, 4) is 0 Å². The van der Waals surface area contributed by atoms with Gasteiger partial charge in [-0.15, -0.1) is 21.5 Å². The molecular formula is C14H15N5S3. The van der Waals surface area contributed by atoms with Crippen LogP contribution in [0.3, 0.4) is 0 Å². The predicted molar refractivity (Wildman–Crippen MR) is 94.6 cm³/mol. The molecule has 0 aliphatic rings. The van der Waals surface area contributed by atoms with Gasteiger partial charge < -0.3 is 11.1 Å². The summed E-state index contributed by atoms with van der Waals surface area (Å²) in [6.45, 7) is 0.872. The Balaban J connectivity index is 1.46. The van der Waals surface area contributed by atoms with E-state index in [0.717, 1.165) is 33.9 Å². The Kier molecular flexibility index (Phi) is 5.25. The number of pyridine rings is 1. The van der Waals surface area contributed by atoms with E-state index in [4.69, 9.17) is 5.73 Å². The van der Waals surface area contributed by atoms with Crippen molar-refractivity contribution in [1.82, 2.24) is 15.2 Å². The largest absolute Gasteiger partial charge is 0.384 e. The number of hydrogen-bond acceptors (Lipinski definition) is 8. The topological polar surface area (TPSA) is 76.7 Å². The number of rotatable bonds is 7. The molecule has 3 N–H and O–H groups in total. The van der Waals surface area contributed by atoms with Gasteiger partial charge in [-0.3, -0.25) is 0 Å². The van der Waals surface area contributed by atoms with Crippen LogP contribution in [0.25, 0.3) is 0 Å². The zero-order chi connectivity index (χ0) is 15.2. The second-order valence-electron chi connectivity index (χ2n) is 4.47. The summed E-state index contributed by atoms with van der Waals surface area (Å²) in [6, 6.07) is 9.88. The monoisotopic (exact) mass is 349 g/mol. The Morgan fingerprint density at radius 3 is 2.95 bits per heavy atom. The molecule has 8 heteroatoms. The number of nitrogens with one attached hydrogen (secondary N) is 1. The minimum absolute atomic E-state index is 0.547. The van der Waals surface area contributed by atoms with Gasteiger partial charge in [0.25, 0.3) is 0 Å². The van der Waals surface area contributed by atoms with Gasteiger partial charge >= 0.3 is 0 Å². The lowest BCUT2D eigenvalue weighted by atomic mass is 10.3. The van der Waals surface area contributed by atoms with E-state index in [9.17, 15) is 0 Å². The van der Waals surface area contributed by atoms with Crippen LogP contribution < -0.4 is 11.1 Å². The van der Waals surface area contributed by atoms with Gasteiger partial charge in [-0.05, 0) is 30.0 Å². The number of anilines is 2. The first-order chi connectivity index (χ1) is 10.8. The zero-order valence-corrected chi connectivity index (χ0v) is 14.2. The van der Waals surface area contributed by atoms with Crippen LogP contribution in [0.2, 0.25) is 0 Å². The smallest absolute Gasteiger partial charge is 0.206 e. The van der Waals surface area contributed by atoms with E-state index in [2.05, 4.69) is 38.0 Å². The number of hydrogen-bond donors (Lipinski definition) is 2. The predicted octanol–water partition coefficient (Wildman–Crippen LogP) is 3.52. The summed E-state index contributed by atoms with van der Waals surface area (Å²) >= 11 is 4.97. The van der Waals surface area contributed by atoms with E-state index in [-0.39, 0.29) is 0 Å². The molecule has 0 fully saturated rings. The highest BCUT2D eigenvalue weighted by atomic mass is 32.2. The highest BCUT2D eigenvalue weighted by Crippen LogP contribution is 2.28. The van der Waals surface area contributed by atoms with Crippen molar-refractivity contribution in [3.05, 3.63) is 46.3 Å². The Hall–Kier alpha value is -1.64. The first-order valence-electron chi connectivity index (χ1n) is 6.73. The summed E-state index contributed by atoms with van der Waals surface area (Å²) in [4.78, 5) is 5.65. The molecule has 114 valence electrons. The molecule has 0 atom stereocenters. The summed E-state index contributed by atoms with van der Waals surface area (Å²) in [7, 11) is 0. The fourth-order valence-electron chi connectivity index (χ4n) is 1.80. The first-order valence-corrected chi connectivity index (χ1v) is 9.42. The van der Waals surface area contributed by atoms with Crippen LogP contribution in [0.1, 0.15) is 10.6 Å². The fourth-order valence-corrected chi connectivity index (χ4v) is 4.19. The molecular weight excluding hydrogens is 334 g/mol. The Morgan fingerprint density at radius 2 is 2.14 bits per heavy atom. The van der Waals surface area contributed by atoms with Crippen LogP contribution in [-0.4, -0.2) is 21.7 Å². The van der Waals surface area contributed by atoms with Crippen molar-refractivity contribution in [2.75, 3.05) is 17.6 Å². The molecule has 22 heavy (non-hydrogen) atoms. The van der Waals surface area contributed by atoms with Gasteiger partial charge in [0.15, 0.2) is 4.34 Å². The molecule has 0 aromatic carbocycles. The number of nitrogen functional groups attached to an aromatic ring is 1. The third-order valence-corrected chi connectivity index (χ3v) is 5.79. The molecule has 0 spiro atoms. The van der Waals surface area contributed by atoms with Crippen molar-refractivity contribution in [3.63, 3.8) is 0 Å². The van der Waals surface area contributed by atoms with Crippen LogP contribution in [-0.2, 0) is 12.2 Å². The van der Waals surface area contributed by atoms with Crippen LogP contribution in [0, 0.1) is 0 Å². The molecule has 0 saturated carbocycles. The van der Waals surface area contributed by atoms with Crippen LogP contribution in [0.5, 0.6) is 0 Å². The maximum atomic E-state index is 5.67. The zero-order valence-electron chi connectivity index (χ0n) is 11.7. The molecule has 3 aromatic heterocycles. The molecule has 3 heterocycles. The molecule has 3 rings (SSSR count). The molecule has 0 bridgehead atoms. The second-order valence-corrected chi connectivity index (χ2v) is 7.70. The minimum atomic E-state index is 0.547. The lowest BCUT2D eigenvalue weighted by Gasteiger charge is -1.99. The molecule has 0 aliphatic carbocycles. The number of thiophene rings is 1. The quantitative estimate of drug-likeness (QED) is 0.636. The van der Waals surface area contributed by atoms with Gasteiger partial charge in [0.05, 0.1) is 5.69 Å². The third-order valence-electron chi connectivity index (χ3n) is 2.81. The van der Waals surface area contributed by atoms with Crippen LogP contribution in [0.4, 0.5) is 10.9 Å². The van der Waals surface area contributed by atoms with Crippen molar-refractivity contribution < 1.29 is 0 Å². The summed E-state index contributed by atoms with van der Waals surface area (Å²) in [5, 5.41) is 14.6. The van der Waals surface area contributed by atoms with Gasteiger partial charge in [-0.25, -0.2) is 4.98 Å². The van der Waals surface area contributed by atoms with E-state index in [1.807, 2.05) is 12.1 Å². The Labute approximate surface area is 141 Å². The summed E-state index contributed by atoms with van der Waals surface area (Å²) in [6.07, 6.45) is 1.01. The first kappa shape index (κ1) is 15.3. The Morgan fingerprint density at radius 1 is 1.18 bits per heavy atom. The molecule has 0 radical (unpaired) electrons. The molecule has 0 aliphatic heterocycles. The fraction of sp³-hybridized carbons (Fsp3) is 0.214. The van der Waals surface area contributed by atoms with E-state index >= 15 is 0 Å². The number of aromatic nitrogens is 3. The van der Waals surface area contributed by atoms with E-state index < -0.39 is 0 Å². The van der Waals surface area contributed by atoms with Gasteiger partial charge in [0.1, 0.15) is 5.82 Å². The minimum Gasteiger partial charge on any atom is -0.384 e. The standard InChI is InChI=1S/C14H15N5S3/c15-12-5-1-3-10(17-12)9-21-14-19-18-13(22-14)16-7-6-11-4-2-8-20-11/h1-5,8H,6-7,9H2,(H2,15,17)(H,16,18). The van der Waals surface area contributed by atoms with Crippen molar-refractivity contribution in [2.45, 2.75) is 16.5 Å². The van der Waals surface area contributed by atoms with Crippen molar-refractivity contribution in [2.24, 2.45) is 0 Å². The van der Waals surface area contributed by atoms with Crippen molar-refractivity contribution >= 4 is 45.4 Å². The lowest BCUT2D eigenvalue weighted by molar-refractivity contribution is 0.979. The summed E-state index contributed by atoms with van der Waals surface area (Å²) in [5.74, 6) is 1.29. The summed E-state index contributed by atoms with van der Waals surface area (Å²) < 4.78 is 0.933. The van der Waals surface area contributed by atoms with Gasteiger partial charge in [-0.1, -0.05) is 35.2 Å². The second kappa shape index (κ2) is 7.57. The molecule has 0 unspecified atom stereocenters. The lowest BCUT2D eigenvalue weighted by Crippen LogP contribution is -2.03. The van der Waals surface area contributed by atoms with E-state index in [1.165, 1.54) is 4.88 Å². The number of nitrogens with zero attached hydrogens (tertiary/aromatic N) is 3. The van der Waals surface area contributed by atoms with Gasteiger partial charge in [-0.2, -0.15) is 0 Å². The van der Waals surface area contributed by atoms with Gasteiger partial charge in [0.2, 0.25) is 5.13 Å².